The summed E-state index contributed by atoms with van der Waals surface area (Å²) >= 11 is 0. The first-order valence-electron chi connectivity index (χ1n) is 8.95. The van der Waals surface area contributed by atoms with Crippen LogP contribution >= 0.6 is 0 Å². The summed E-state index contributed by atoms with van der Waals surface area (Å²) in [4.78, 5) is 25.0. The molecule has 0 saturated carbocycles. The van der Waals surface area contributed by atoms with Gasteiger partial charge in [-0.05, 0) is 33.3 Å². The largest absolute Gasteiger partial charge is 0.507 e. The molecular formula is C23H26O4. The minimum Gasteiger partial charge on any atom is -0.507 e. The molecule has 1 atom stereocenters. The van der Waals surface area contributed by atoms with E-state index in [0.29, 0.717) is 5.56 Å². The summed E-state index contributed by atoms with van der Waals surface area (Å²) in [7, 11) is 0. The van der Waals surface area contributed by atoms with E-state index in [0.717, 1.165) is 5.56 Å². The third-order valence-corrected chi connectivity index (χ3v) is 3.96. The van der Waals surface area contributed by atoms with E-state index in [9.17, 15) is 14.7 Å². The summed E-state index contributed by atoms with van der Waals surface area (Å²) in [5.41, 5.74) is 0.646. The highest BCUT2D eigenvalue weighted by Crippen LogP contribution is 2.34. The molecule has 1 unspecified atom stereocenters. The van der Waals surface area contributed by atoms with Crippen LogP contribution in [0, 0.1) is 0 Å². The molecule has 0 heterocycles. The van der Waals surface area contributed by atoms with Crippen molar-refractivity contribution in [2.75, 3.05) is 0 Å². The fourth-order valence-electron chi connectivity index (χ4n) is 2.85. The normalized spacial score (nSPS) is 13.5. The van der Waals surface area contributed by atoms with E-state index < -0.39 is 17.5 Å². The molecule has 1 N–H and O–H groups in total. The van der Waals surface area contributed by atoms with Gasteiger partial charge >= 0.3 is 5.97 Å². The molecule has 0 fully saturated rings. The van der Waals surface area contributed by atoms with Crippen LogP contribution in [0.1, 0.15) is 51.2 Å². The predicted molar refractivity (Wildman–Crippen MR) is 106 cm³/mol. The summed E-state index contributed by atoms with van der Waals surface area (Å²) in [6.07, 6.45) is 0.0927. The molecule has 27 heavy (non-hydrogen) atoms. The van der Waals surface area contributed by atoms with E-state index in [1.165, 1.54) is 6.92 Å². The minimum absolute atomic E-state index is 0.0780. The molecule has 0 amide bonds. The topological polar surface area (TPSA) is 63.6 Å². The number of Topliss-reactive ketones (excluding diaryl/α,β-unsaturated/α-hetero) is 1. The zero-order valence-electron chi connectivity index (χ0n) is 16.2. The van der Waals surface area contributed by atoms with Gasteiger partial charge in [-0.3, -0.25) is 4.79 Å². The maximum atomic E-state index is 13.0. The van der Waals surface area contributed by atoms with Crippen LogP contribution in [0.3, 0.4) is 0 Å². The molecule has 142 valence electrons. The molecular weight excluding hydrogens is 340 g/mol. The van der Waals surface area contributed by atoms with Crippen LogP contribution in [0.25, 0.3) is 5.76 Å². The van der Waals surface area contributed by atoms with Gasteiger partial charge in [0.2, 0.25) is 0 Å². The summed E-state index contributed by atoms with van der Waals surface area (Å²) in [6.45, 7) is 6.78. The second-order valence-corrected chi connectivity index (χ2v) is 7.50. The fraction of sp³-hybridized carbons (Fsp3) is 0.304. The molecule has 0 spiro atoms. The van der Waals surface area contributed by atoms with Gasteiger partial charge in [-0.15, -0.1) is 0 Å². The molecule has 2 aromatic rings. The molecule has 2 aromatic carbocycles. The van der Waals surface area contributed by atoms with Gasteiger partial charge in [-0.1, -0.05) is 60.7 Å². The van der Waals surface area contributed by atoms with E-state index in [-0.39, 0.29) is 23.5 Å². The van der Waals surface area contributed by atoms with Crippen LogP contribution in [-0.4, -0.2) is 22.5 Å². The van der Waals surface area contributed by atoms with Crippen molar-refractivity contribution in [2.24, 2.45) is 0 Å². The number of ketones is 1. The van der Waals surface area contributed by atoms with Crippen LogP contribution in [0.2, 0.25) is 0 Å². The summed E-state index contributed by atoms with van der Waals surface area (Å²) in [5, 5.41) is 11.0. The Balaban J connectivity index is 2.65. The van der Waals surface area contributed by atoms with Crippen LogP contribution < -0.4 is 0 Å². The monoisotopic (exact) mass is 366 g/mol. The summed E-state index contributed by atoms with van der Waals surface area (Å²) < 4.78 is 5.56. The molecule has 4 heteroatoms. The van der Waals surface area contributed by atoms with Crippen molar-refractivity contribution < 1.29 is 19.4 Å². The average molecular weight is 366 g/mol. The lowest BCUT2D eigenvalue weighted by molar-refractivity contribution is -0.150. The van der Waals surface area contributed by atoms with E-state index >= 15 is 0 Å². The molecule has 0 aromatic heterocycles. The Bertz CT molecular complexity index is 814. The van der Waals surface area contributed by atoms with Gasteiger partial charge in [0.1, 0.15) is 17.1 Å². The smallest absolute Gasteiger partial charge is 0.338 e. The van der Waals surface area contributed by atoms with E-state index in [1.807, 2.05) is 36.4 Å². The predicted octanol–water partition coefficient (Wildman–Crippen LogP) is 5.06. The van der Waals surface area contributed by atoms with Gasteiger partial charge in [0.05, 0.1) is 5.57 Å². The van der Waals surface area contributed by atoms with E-state index in [2.05, 4.69) is 0 Å². The number of rotatable bonds is 6. The maximum Gasteiger partial charge on any atom is 0.338 e. The van der Waals surface area contributed by atoms with Gasteiger partial charge in [-0.25, -0.2) is 4.79 Å². The fourth-order valence-corrected chi connectivity index (χ4v) is 2.85. The van der Waals surface area contributed by atoms with Crippen molar-refractivity contribution in [1.29, 1.82) is 0 Å². The minimum atomic E-state index is -0.725. The molecule has 0 bridgehead atoms. The van der Waals surface area contributed by atoms with E-state index in [4.69, 9.17) is 4.74 Å². The first-order chi connectivity index (χ1) is 12.7. The Kier molecular flexibility index (Phi) is 6.56. The first-order valence-corrected chi connectivity index (χ1v) is 8.95. The summed E-state index contributed by atoms with van der Waals surface area (Å²) in [6, 6.07) is 18.1. The number of carbonyl (C=O) groups is 2. The lowest BCUT2D eigenvalue weighted by Crippen LogP contribution is -2.28. The Hall–Kier alpha value is -2.88. The van der Waals surface area contributed by atoms with Crippen LogP contribution in [-0.2, 0) is 14.3 Å². The molecule has 0 aliphatic carbocycles. The number of aliphatic hydroxyl groups excluding tert-OH is 1. The highest BCUT2D eigenvalue weighted by atomic mass is 16.6. The number of ether oxygens (including phenoxy) is 1. The number of esters is 1. The number of carbonyl (C=O) groups excluding carboxylic acids is 2. The number of hydrogen-bond donors (Lipinski definition) is 1. The van der Waals surface area contributed by atoms with Gasteiger partial charge in [0.15, 0.2) is 0 Å². The zero-order chi connectivity index (χ0) is 20.0. The number of benzene rings is 2. The molecule has 2 rings (SSSR count). The second kappa shape index (κ2) is 8.67. The third-order valence-electron chi connectivity index (χ3n) is 3.96. The van der Waals surface area contributed by atoms with Crippen molar-refractivity contribution in [1.82, 2.24) is 0 Å². The Morgan fingerprint density at radius 2 is 1.48 bits per heavy atom. The third kappa shape index (κ3) is 5.81. The van der Waals surface area contributed by atoms with Crippen LogP contribution in [0.15, 0.2) is 66.2 Å². The van der Waals surface area contributed by atoms with Crippen LogP contribution in [0.4, 0.5) is 0 Å². The van der Waals surface area contributed by atoms with Crippen molar-refractivity contribution >= 4 is 17.5 Å². The number of hydrogen-bond acceptors (Lipinski definition) is 4. The lowest BCUT2D eigenvalue weighted by atomic mass is 9.85. The Labute approximate surface area is 160 Å². The van der Waals surface area contributed by atoms with Gasteiger partial charge < -0.3 is 9.84 Å². The molecule has 4 nitrogen and oxygen atoms in total. The first kappa shape index (κ1) is 20.4. The Morgan fingerprint density at radius 1 is 0.963 bits per heavy atom. The van der Waals surface area contributed by atoms with Crippen molar-refractivity contribution in [2.45, 2.75) is 45.6 Å². The Morgan fingerprint density at radius 3 is 1.96 bits per heavy atom. The quantitative estimate of drug-likeness (QED) is 0.441. The molecule has 0 saturated heterocycles. The molecule has 0 aliphatic heterocycles. The van der Waals surface area contributed by atoms with Gasteiger partial charge in [-0.2, -0.15) is 0 Å². The average Bonchev–Trinajstić information content (AvgIpc) is 2.60. The van der Waals surface area contributed by atoms with Crippen molar-refractivity contribution in [3.63, 3.8) is 0 Å². The zero-order valence-corrected chi connectivity index (χ0v) is 16.2. The second-order valence-electron chi connectivity index (χ2n) is 7.50. The lowest BCUT2D eigenvalue weighted by Gasteiger charge is -2.25. The number of aliphatic hydroxyl groups is 1. The van der Waals surface area contributed by atoms with Gasteiger partial charge in [0, 0.05) is 17.9 Å². The van der Waals surface area contributed by atoms with Gasteiger partial charge in [0.25, 0.3) is 0 Å². The SMILES string of the molecule is CC(=O)CC(/C(C(=O)OC(C)(C)C)=C(\O)c1ccccc1)c1ccccc1. The van der Waals surface area contributed by atoms with Crippen molar-refractivity contribution in [3.05, 3.63) is 77.4 Å². The van der Waals surface area contributed by atoms with E-state index in [1.54, 1.807) is 45.0 Å². The summed E-state index contributed by atoms with van der Waals surface area (Å²) in [5.74, 6) is -1.47. The van der Waals surface area contributed by atoms with Crippen molar-refractivity contribution in [3.8, 4) is 0 Å². The highest BCUT2D eigenvalue weighted by molar-refractivity contribution is 5.98. The molecule has 0 aliphatic rings. The maximum absolute atomic E-state index is 13.0. The standard InChI is InChI=1S/C23H26O4/c1-16(24)15-19(17-11-7-5-8-12-17)20(22(26)27-23(2,3)4)21(25)18-13-9-6-10-14-18/h5-14,19,25H,15H2,1-4H3/b21-20+. The molecule has 0 radical (unpaired) electrons. The highest BCUT2D eigenvalue weighted by Gasteiger charge is 2.32. The van der Waals surface area contributed by atoms with Crippen LogP contribution in [0.5, 0.6) is 0 Å².